The van der Waals surface area contributed by atoms with E-state index in [1.165, 1.54) is 6.92 Å². The van der Waals surface area contributed by atoms with Crippen molar-refractivity contribution >= 4 is 23.2 Å². The van der Waals surface area contributed by atoms with Gasteiger partial charge in [0.15, 0.2) is 5.78 Å². The van der Waals surface area contributed by atoms with Crippen molar-refractivity contribution in [2.24, 2.45) is 0 Å². The van der Waals surface area contributed by atoms with Crippen molar-refractivity contribution in [2.45, 2.75) is 12.8 Å². The number of nitrogens with one attached hydrogen (secondary N) is 2. The predicted octanol–water partition coefficient (Wildman–Crippen LogP) is 2.71. The second kappa shape index (κ2) is 7.41. The van der Waals surface area contributed by atoms with E-state index < -0.39 is 0 Å². The average Bonchev–Trinajstić information content (AvgIpc) is 3.23. The first-order chi connectivity index (χ1) is 15.0. The number of fused-ring (bicyclic) bond motifs is 1. The molecule has 2 aliphatic rings. The lowest BCUT2D eigenvalue weighted by molar-refractivity contribution is -0.116. The average molecular weight is 415 g/mol. The van der Waals surface area contributed by atoms with E-state index in [4.69, 9.17) is 10.5 Å². The van der Waals surface area contributed by atoms with Crippen molar-refractivity contribution in [1.82, 2.24) is 15.5 Å². The van der Waals surface area contributed by atoms with E-state index in [1.807, 2.05) is 24.3 Å². The van der Waals surface area contributed by atoms with Gasteiger partial charge in [0, 0.05) is 41.9 Å². The molecule has 0 saturated heterocycles. The number of aromatic nitrogens is 2. The molecule has 0 aliphatic carbocycles. The molecule has 3 aromatic rings. The molecule has 4 N–H and O–H groups in total. The fourth-order valence-electron chi connectivity index (χ4n) is 4.27. The molecule has 2 aromatic carbocycles. The number of nitrogens with two attached hydrogens (primary N) is 1. The first kappa shape index (κ1) is 19.1. The normalized spacial score (nSPS) is 17.9. The minimum absolute atomic E-state index is 0.0331. The van der Waals surface area contributed by atoms with E-state index in [9.17, 15) is 9.59 Å². The third kappa shape index (κ3) is 3.27. The highest BCUT2D eigenvalue weighted by atomic mass is 16.5. The van der Waals surface area contributed by atoms with Crippen LogP contribution in [-0.4, -0.2) is 35.0 Å². The number of rotatable bonds is 3. The fourth-order valence-corrected chi connectivity index (χ4v) is 4.27. The van der Waals surface area contributed by atoms with E-state index >= 15 is 0 Å². The molecular formula is C23H21N5O3. The van der Waals surface area contributed by atoms with Gasteiger partial charge in [0.25, 0.3) is 0 Å². The standard InChI is InChI=1S/C23H21N5O3/c1-13(29)28-19-11-25-12-20(30)22(19)21(18-10-26-27-23(18)28)14-3-2-4-17(9-14)31-16-7-5-15(24)6-8-16/h2-10,21,25H,11-12,24H2,1H3,(H,26,27). The third-order valence-electron chi connectivity index (χ3n) is 5.55. The number of hydrogen-bond donors (Lipinski definition) is 3. The van der Waals surface area contributed by atoms with Gasteiger partial charge in [-0.2, -0.15) is 5.10 Å². The molecule has 5 rings (SSSR count). The van der Waals surface area contributed by atoms with Crippen molar-refractivity contribution in [3.05, 3.63) is 77.1 Å². The number of anilines is 2. The number of H-pyrrole nitrogens is 1. The summed E-state index contributed by atoms with van der Waals surface area (Å²) in [5.41, 5.74) is 9.37. The molecule has 0 radical (unpaired) electrons. The molecule has 0 spiro atoms. The molecular weight excluding hydrogens is 394 g/mol. The molecule has 8 nitrogen and oxygen atoms in total. The van der Waals surface area contributed by atoms with Gasteiger partial charge in [-0.1, -0.05) is 12.1 Å². The molecule has 3 heterocycles. The number of aromatic amines is 1. The molecule has 0 fully saturated rings. The zero-order valence-electron chi connectivity index (χ0n) is 16.9. The number of ether oxygens (including phenoxy) is 1. The maximum atomic E-state index is 13.0. The number of ketones is 1. The minimum Gasteiger partial charge on any atom is -0.457 e. The molecule has 0 saturated carbocycles. The van der Waals surface area contributed by atoms with Crippen molar-refractivity contribution in [3.63, 3.8) is 0 Å². The molecule has 1 amide bonds. The number of Topliss-reactive ketones (excluding diaryl/α,β-unsaturated/α-hetero) is 1. The number of hydrogen-bond acceptors (Lipinski definition) is 6. The Morgan fingerprint density at radius 3 is 2.74 bits per heavy atom. The summed E-state index contributed by atoms with van der Waals surface area (Å²) >= 11 is 0. The van der Waals surface area contributed by atoms with Gasteiger partial charge in [-0.3, -0.25) is 19.6 Å². The smallest absolute Gasteiger partial charge is 0.229 e. The summed E-state index contributed by atoms with van der Waals surface area (Å²) in [5, 5.41) is 10.2. The van der Waals surface area contributed by atoms with Gasteiger partial charge in [-0.05, 0) is 42.0 Å². The molecule has 8 heteroatoms. The predicted molar refractivity (Wildman–Crippen MR) is 116 cm³/mol. The molecule has 0 bridgehead atoms. The highest BCUT2D eigenvalue weighted by Gasteiger charge is 2.41. The lowest BCUT2D eigenvalue weighted by atomic mass is 9.79. The van der Waals surface area contributed by atoms with Crippen molar-refractivity contribution in [3.8, 4) is 11.5 Å². The summed E-state index contributed by atoms with van der Waals surface area (Å²) in [7, 11) is 0. The number of benzene rings is 2. The fraction of sp³-hybridized carbons (Fsp3) is 0.174. The molecule has 156 valence electrons. The van der Waals surface area contributed by atoms with Crippen LogP contribution < -0.4 is 20.7 Å². The largest absolute Gasteiger partial charge is 0.457 e. The second-order valence-electron chi connectivity index (χ2n) is 7.59. The molecule has 1 atom stereocenters. The Hall–Kier alpha value is -3.91. The van der Waals surface area contributed by atoms with Crippen molar-refractivity contribution in [2.75, 3.05) is 23.7 Å². The quantitative estimate of drug-likeness (QED) is 0.567. The van der Waals surface area contributed by atoms with Crippen LogP contribution in [0.4, 0.5) is 11.5 Å². The molecule has 31 heavy (non-hydrogen) atoms. The third-order valence-corrected chi connectivity index (χ3v) is 5.55. The summed E-state index contributed by atoms with van der Waals surface area (Å²) < 4.78 is 6.00. The maximum Gasteiger partial charge on any atom is 0.229 e. The van der Waals surface area contributed by atoms with Crippen LogP contribution >= 0.6 is 0 Å². The lowest BCUT2D eigenvalue weighted by Crippen LogP contribution is -2.45. The van der Waals surface area contributed by atoms with Crippen LogP contribution in [0.15, 0.2) is 66.0 Å². The van der Waals surface area contributed by atoms with Gasteiger partial charge in [-0.25, -0.2) is 0 Å². The highest BCUT2D eigenvalue weighted by Crippen LogP contribution is 2.45. The number of nitrogen functional groups attached to an aromatic ring is 1. The molecule has 1 unspecified atom stereocenters. The van der Waals surface area contributed by atoms with Gasteiger partial charge < -0.3 is 15.8 Å². The van der Waals surface area contributed by atoms with Gasteiger partial charge >= 0.3 is 0 Å². The Labute approximate surface area is 178 Å². The van der Waals surface area contributed by atoms with Gasteiger partial charge in [0.05, 0.1) is 12.7 Å². The Morgan fingerprint density at radius 2 is 1.97 bits per heavy atom. The summed E-state index contributed by atoms with van der Waals surface area (Å²) in [6, 6.07) is 14.8. The zero-order chi connectivity index (χ0) is 21.5. The second-order valence-corrected chi connectivity index (χ2v) is 7.59. The Morgan fingerprint density at radius 1 is 1.16 bits per heavy atom. The number of amides is 1. The van der Waals surface area contributed by atoms with Gasteiger partial charge in [0.1, 0.15) is 17.3 Å². The summed E-state index contributed by atoms with van der Waals surface area (Å²) in [6.45, 7) is 2.14. The van der Waals surface area contributed by atoms with Crippen LogP contribution in [0.25, 0.3) is 0 Å². The Balaban J connectivity index is 1.60. The number of carbonyl (C=O) groups excluding carboxylic acids is 2. The minimum atomic E-state index is -0.344. The first-order valence-electron chi connectivity index (χ1n) is 9.97. The van der Waals surface area contributed by atoms with Crippen LogP contribution in [-0.2, 0) is 9.59 Å². The van der Waals surface area contributed by atoms with Gasteiger partial charge in [-0.15, -0.1) is 0 Å². The van der Waals surface area contributed by atoms with E-state index in [-0.39, 0.29) is 24.2 Å². The van der Waals surface area contributed by atoms with Crippen LogP contribution in [0, 0.1) is 0 Å². The van der Waals surface area contributed by atoms with E-state index in [0.29, 0.717) is 40.8 Å². The maximum absolute atomic E-state index is 13.0. The molecule has 2 aliphatic heterocycles. The summed E-state index contributed by atoms with van der Waals surface area (Å²) in [4.78, 5) is 27.0. The number of carbonyl (C=O) groups is 2. The number of nitrogens with zero attached hydrogens (tertiary/aromatic N) is 2. The SMILES string of the molecule is CC(=O)N1C2=C(C(=O)CNC2)C(c2cccc(Oc3ccc(N)cc3)c2)c2cn[nH]c21. The monoisotopic (exact) mass is 415 g/mol. The van der Waals surface area contributed by atoms with Crippen LogP contribution in [0.5, 0.6) is 11.5 Å². The molecule has 1 aromatic heterocycles. The topological polar surface area (TPSA) is 113 Å². The van der Waals surface area contributed by atoms with E-state index in [0.717, 1.165) is 11.1 Å². The lowest BCUT2D eigenvalue weighted by Gasteiger charge is -2.37. The first-order valence-corrected chi connectivity index (χ1v) is 9.97. The van der Waals surface area contributed by atoms with Gasteiger partial charge in [0.2, 0.25) is 5.91 Å². The van der Waals surface area contributed by atoms with Crippen LogP contribution in [0.1, 0.15) is 24.0 Å². The highest BCUT2D eigenvalue weighted by molar-refractivity contribution is 6.06. The summed E-state index contributed by atoms with van der Waals surface area (Å²) in [5.74, 6) is 1.36. The zero-order valence-corrected chi connectivity index (χ0v) is 16.9. The van der Waals surface area contributed by atoms with E-state index in [1.54, 1.807) is 35.4 Å². The van der Waals surface area contributed by atoms with Crippen molar-refractivity contribution in [1.29, 1.82) is 0 Å². The van der Waals surface area contributed by atoms with Crippen molar-refractivity contribution < 1.29 is 14.3 Å². The van der Waals surface area contributed by atoms with Crippen LogP contribution in [0.3, 0.4) is 0 Å². The van der Waals surface area contributed by atoms with E-state index in [2.05, 4.69) is 15.5 Å². The van der Waals surface area contributed by atoms with Crippen LogP contribution in [0.2, 0.25) is 0 Å². The summed E-state index contributed by atoms with van der Waals surface area (Å²) in [6.07, 6.45) is 1.68. The Bertz CT molecular complexity index is 1210. The Kier molecular flexibility index (Phi) is 4.56.